The predicted molar refractivity (Wildman–Crippen MR) is 62.1 cm³/mol. The summed E-state index contributed by atoms with van der Waals surface area (Å²) in [5.41, 5.74) is 0.134. The van der Waals surface area contributed by atoms with Gasteiger partial charge in [-0.05, 0) is 30.9 Å². The molecule has 0 unspecified atom stereocenters. The minimum Gasteiger partial charge on any atom is -0.396 e. The van der Waals surface area contributed by atoms with Crippen molar-refractivity contribution in [2.75, 3.05) is 19.7 Å². The predicted octanol–water partition coefficient (Wildman–Crippen LogP) is 1.67. The zero-order chi connectivity index (χ0) is 12.3. The van der Waals surface area contributed by atoms with Gasteiger partial charge < -0.3 is 10.0 Å². The Morgan fingerprint density at radius 1 is 1.35 bits per heavy atom. The van der Waals surface area contributed by atoms with E-state index in [0.717, 1.165) is 12.8 Å². The lowest BCUT2D eigenvalue weighted by atomic mass is 9.97. The maximum atomic E-state index is 13.5. The van der Waals surface area contributed by atoms with E-state index in [1.807, 2.05) is 0 Å². The summed E-state index contributed by atoms with van der Waals surface area (Å²) in [4.78, 5) is 13.7. The van der Waals surface area contributed by atoms with Gasteiger partial charge >= 0.3 is 0 Å². The van der Waals surface area contributed by atoms with E-state index >= 15 is 0 Å². The Kier molecular flexibility index (Phi) is 3.74. The molecule has 0 aromatic heterocycles. The Bertz CT molecular complexity index is 400. The number of aliphatic hydroxyl groups is 1. The average molecular weight is 237 g/mol. The van der Waals surface area contributed by atoms with E-state index in [0.29, 0.717) is 13.1 Å². The molecular formula is C13H16FNO2. The average Bonchev–Trinajstić information content (AvgIpc) is 2.39. The summed E-state index contributed by atoms with van der Waals surface area (Å²) in [6.45, 7) is 1.36. The minimum absolute atomic E-state index is 0.134. The van der Waals surface area contributed by atoms with Crippen molar-refractivity contribution >= 4 is 5.91 Å². The summed E-state index contributed by atoms with van der Waals surface area (Å²) < 4.78 is 13.5. The molecule has 0 spiro atoms. The number of piperidine rings is 1. The molecule has 0 saturated carbocycles. The summed E-state index contributed by atoms with van der Waals surface area (Å²) in [5, 5.41) is 9.01. The lowest BCUT2D eigenvalue weighted by Crippen LogP contribution is -2.39. The van der Waals surface area contributed by atoms with Crippen LogP contribution in [0.25, 0.3) is 0 Å². The molecule has 1 heterocycles. The zero-order valence-electron chi connectivity index (χ0n) is 9.60. The van der Waals surface area contributed by atoms with Crippen LogP contribution in [0.5, 0.6) is 0 Å². The van der Waals surface area contributed by atoms with E-state index in [1.54, 1.807) is 17.0 Å². The van der Waals surface area contributed by atoms with Gasteiger partial charge in [-0.1, -0.05) is 12.1 Å². The monoisotopic (exact) mass is 237 g/mol. The van der Waals surface area contributed by atoms with Gasteiger partial charge in [0.1, 0.15) is 5.82 Å². The Balaban J connectivity index is 2.04. The smallest absolute Gasteiger partial charge is 0.256 e. The molecule has 17 heavy (non-hydrogen) atoms. The van der Waals surface area contributed by atoms with Crippen LogP contribution in [0.2, 0.25) is 0 Å². The molecule has 3 nitrogen and oxygen atoms in total. The Hall–Kier alpha value is -1.42. The third kappa shape index (κ3) is 2.64. The van der Waals surface area contributed by atoms with Crippen molar-refractivity contribution in [3.63, 3.8) is 0 Å². The van der Waals surface area contributed by atoms with Crippen LogP contribution in [-0.2, 0) is 0 Å². The highest BCUT2D eigenvalue weighted by atomic mass is 19.1. The SMILES string of the molecule is O=C(c1ccccc1F)N1CCC(CO)CC1. The summed E-state index contributed by atoms with van der Waals surface area (Å²) in [6, 6.07) is 6.05. The topological polar surface area (TPSA) is 40.5 Å². The van der Waals surface area contributed by atoms with Gasteiger partial charge in [-0.25, -0.2) is 4.39 Å². The fraction of sp³-hybridized carbons (Fsp3) is 0.462. The van der Waals surface area contributed by atoms with E-state index in [-0.39, 0.29) is 24.0 Å². The summed E-state index contributed by atoms with van der Waals surface area (Å²) in [7, 11) is 0. The van der Waals surface area contributed by atoms with Crippen LogP contribution in [0.4, 0.5) is 4.39 Å². The quantitative estimate of drug-likeness (QED) is 0.850. The third-order valence-corrected chi connectivity index (χ3v) is 3.26. The van der Waals surface area contributed by atoms with Crippen LogP contribution in [0.1, 0.15) is 23.2 Å². The fourth-order valence-electron chi connectivity index (χ4n) is 2.12. The van der Waals surface area contributed by atoms with Crippen LogP contribution in [0.15, 0.2) is 24.3 Å². The molecule has 1 aliphatic heterocycles. The highest BCUT2D eigenvalue weighted by Crippen LogP contribution is 2.19. The molecule has 0 atom stereocenters. The molecule has 1 aromatic carbocycles. The normalized spacial score (nSPS) is 17.2. The van der Waals surface area contributed by atoms with E-state index in [9.17, 15) is 9.18 Å². The minimum atomic E-state index is -0.471. The number of hydrogen-bond donors (Lipinski definition) is 1. The number of benzene rings is 1. The number of hydrogen-bond acceptors (Lipinski definition) is 2. The first-order valence-corrected chi connectivity index (χ1v) is 5.87. The first kappa shape index (κ1) is 12.0. The second-order valence-electron chi connectivity index (χ2n) is 4.40. The molecule has 92 valence electrons. The molecule has 0 bridgehead atoms. The highest BCUT2D eigenvalue weighted by molar-refractivity contribution is 5.94. The first-order valence-electron chi connectivity index (χ1n) is 5.87. The second kappa shape index (κ2) is 5.27. The lowest BCUT2D eigenvalue weighted by Gasteiger charge is -2.31. The van der Waals surface area contributed by atoms with Crippen molar-refractivity contribution in [3.8, 4) is 0 Å². The second-order valence-corrected chi connectivity index (χ2v) is 4.40. The van der Waals surface area contributed by atoms with Crippen molar-refractivity contribution in [1.29, 1.82) is 0 Å². The number of amides is 1. The first-order chi connectivity index (χ1) is 8.22. The molecule has 0 aliphatic carbocycles. The van der Waals surface area contributed by atoms with Gasteiger partial charge in [0.15, 0.2) is 0 Å². The number of carbonyl (C=O) groups excluding carboxylic acids is 1. The number of carbonyl (C=O) groups is 1. The third-order valence-electron chi connectivity index (χ3n) is 3.26. The van der Waals surface area contributed by atoms with Crippen LogP contribution >= 0.6 is 0 Å². The van der Waals surface area contributed by atoms with Crippen LogP contribution in [0, 0.1) is 11.7 Å². The molecule has 1 N–H and O–H groups in total. The van der Waals surface area contributed by atoms with Gasteiger partial charge in [-0.2, -0.15) is 0 Å². The van der Waals surface area contributed by atoms with Crippen LogP contribution in [-0.4, -0.2) is 35.6 Å². The van der Waals surface area contributed by atoms with Crippen molar-refractivity contribution in [2.24, 2.45) is 5.92 Å². The summed E-state index contributed by atoms with van der Waals surface area (Å²) in [6.07, 6.45) is 1.58. The summed E-state index contributed by atoms with van der Waals surface area (Å²) in [5.74, 6) is -0.444. The molecule has 1 saturated heterocycles. The van der Waals surface area contributed by atoms with Crippen molar-refractivity contribution in [1.82, 2.24) is 4.90 Å². The fourth-order valence-corrected chi connectivity index (χ4v) is 2.12. The van der Waals surface area contributed by atoms with E-state index < -0.39 is 5.82 Å². The molecular weight excluding hydrogens is 221 g/mol. The number of rotatable bonds is 2. The largest absolute Gasteiger partial charge is 0.396 e. The molecule has 1 aliphatic rings. The number of halogens is 1. The van der Waals surface area contributed by atoms with Gasteiger partial charge in [-0.15, -0.1) is 0 Å². The maximum Gasteiger partial charge on any atom is 0.256 e. The van der Waals surface area contributed by atoms with Crippen molar-refractivity contribution in [3.05, 3.63) is 35.6 Å². The van der Waals surface area contributed by atoms with E-state index in [1.165, 1.54) is 12.1 Å². The Morgan fingerprint density at radius 2 is 2.00 bits per heavy atom. The summed E-state index contributed by atoms with van der Waals surface area (Å²) >= 11 is 0. The van der Waals surface area contributed by atoms with Gasteiger partial charge in [-0.3, -0.25) is 4.79 Å². The standard InChI is InChI=1S/C13H16FNO2/c14-12-4-2-1-3-11(12)13(17)15-7-5-10(9-16)6-8-15/h1-4,10,16H,5-9H2. The molecule has 2 rings (SSSR count). The Morgan fingerprint density at radius 3 is 2.59 bits per heavy atom. The maximum absolute atomic E-state index is 13.5. The van der Waals surface area contributed by atoms with Gasteiger partial charge in [0, 0.05) is 19.7 Å². The van der Waals surface area contributed by atoms with Crippen molar-refractivity contribution < 1.29 is 14.3 Å². The molecule has 1 aromatic rings. The van der Waals surface area contributed by atoms with Crippen LogP contribution in [0.3, 0.4) is 0 Å². The van der Waals surface area contributed by atoms with Crippen LogP contribution < -0.4 is 0 Å². The van der Waals surface area contributed by atoms with Gasteiger partial charge in [0.2, 0.25) is 0 Å². The number of aliphatic hydroxyl groups excluding tert-OH is 1. The lowest BCUT2D eigenvalue weighted by molar-refractivity contribution is 0.0646. The highest BCUT2D eigenvalue weighted by Gasteiger charge is 2.24. The van der Waals surface area contributed by atoms with E-state index in [4.69, 9.17) is 5.11 Å². The number of nitrogens with zero attached hydrogens (tertiary/aromatic N) is 1. The molecule has 4 heteroatoms. The van der Waals surface area contributed by atoms with Crippen molar-refractivity contribution in [2.45, 2.75) is 12.8 Å². The number of likely N-dealkylation sites (tertiary alicyclic amines) is 1. The Labute approximate surface area is 99.9 Å². The van der Waals surface area contributed by atoms with Gasteiger partial charge in [0.05, 0.1) is 5.56 Å². The molecule has 1 amide bonds. The van der Waals surface area contributed by atoms with Gasteiger partial charge in [0.25, 0.3) is 5.91 Å². The van der Waals surface area contributed by atoms with E-state index in [2.05, 4.69) is 0 Å². The molecule has 1 fully saturated rings. The zero-order valence-corrected chi connectivity index (χ0v) is 9.60. The molecule has 0 radical (unpaired) electrons.